The highest BCUT2D eigenvalue weighted by Crippen LogP contribution is 2.28. The minimum atomic E-state index is -0.701. The zero-order valence-electron chi connectivity index (χ0n) is 17.6. The number of nitrogens with one attached hydrogen (secondary N) is 1. The lowest BCUT2D eigenvalue weighted by molar-refractivity contribution is -0.175. The molecule has 1 heterocycles. The second-order valence-corrected chi connectivity index (χ2v) is 8.71. The zero-order valence-corrected chi connectivity index (χ0v) is 17.6. The molecule has 2 aliphatic rings. The molecule has 1 aromatic carbocycles. The Bertz CT molecular complexity index is 809. The van der Waals surface area contributed by atoms with Crippen LogP contribution in [0.1, 0.15) is 80.0 Å². The van der Waals surface area contributed by atoms with Crippen LogP contribution in [0.3, 0.4) is 0 Å². The van der Waals surface area contributed by atoms with Crippen LogP contribution in [0.25, 0.3) is 0 Å². The molecule has 0 aromatic heterocycles. The number of benzene rings is 1. The van der Waals surface area contributed by atoms with Crippen molar-refractivity contribution in [1.82, 2.24) is 10.4 Å². The van der Waals surface area contributed by atoms with Gasteiger partial charge in [-0.25, -0.2) is 9.59 Å². The zero-order chi connectivity index (χ0) is 21.9. The number of alkyl carbamates (subject to hydrolysis) is 1. The molecule has 2 atom stereocenters. The number of rotatable bonds is 3. The molecule has 1 aliphatic heterocycles. The maximum absolute atomic E-state index is 13.0. The van der Waals surface area contributed by atoms with Gasteiger partial charge in [0.25, 0.3) is 11.8 Å². The predicted molar refractivity (Wildman–Crippen MR) is 107 cm³/mol. The normalized spacial score (nSPS) is 22.0. The maximum Gasteiger partial charge on any atom is 0.407 e. The monoisotopic (exact) mass is 416 g/mol. The summed E-state index contributed by atoms with van der Waals surface area (Å²) in [7, 11) is 0. The average Bonchev–Trinajstić information content (AvgIpc) is 2.88. The fourth-order valence-corrected chi connectivity index (χ4v) is 3.81. The molecule has 162 valence electrons. The number of carbonyl (C=O) groups excluding carboxylic acids is 4. The number of nitrogens with zero attached hydrogens (tertiary/aromatic N) is 1. The highest BCUT2D eigenvalue weighted by molar-refractivity contribution is 6.20. The van der Waals surface area contributed by atoms with Crippen molar-refractivity contribution < 1.29 is 28.8 Å². The molecule has 3 rings (SSSR count). The van der Waals surface area contributed by atoms with Gasteiger partial charge < -0.3 is 14.9 Å². The molecular formula is C22H28N2O6. The van der Waals surface area contributed by atoms with Crippen molar-refractivity contribution in [2.45, 2.75) is 70.9 Å². The van der Waals surface area contributed by atoms with Gasteiger partial charge in [0.15, 0.2) is 0 Å². The Morgan fingerprint density at radius 1 is 0.967 bits per heavy atom. The van der Waals surface area contributed by atoms with E-state index in [1.807, 2.05) is 0 Å². The second-order valence-electron chi connectivity index (χ2n) is 8.71. The largest absolute Gasteiger partial charge is 0.444 e. The first-order valence-corrected chi connectivity index (χ1v) is 10.4. The maximum atomic E-state index is 13.0. The smallest absolute Gasteiger partial charge is 0.407 e. The average molecular weight is 416 g/mol. The van der Waals surface area contributed by atoms with Gasteiger partial charge in [0, 0.05) is 6.04 Å². The quantitative estimate of drug-likeness (QED) is 0.756. The fourth-order valence-electron chi connectivity index (χ4n) is 3.81. The molecule has 8 heteroatoms. The van der Waals surface area contributed by atoms with E-state index in [0.29, 0.717) is 17.9 Å². The molecule has 0 radical (unpaired) electrons. The number of ether oxygens (including phenoxy) is 1. The molecule has 30 heavy (non-hydrogen) atoms. The summed E-state index contributed by atoms with van der Waals surface area (Å²) in [5, 5.41) is 3.31. The third-order valence-electron chi connectivity index (χ3n) is 5.21. The molecule has 0 saturated heterocycles. The van der Waals surface area contributed by atoms with E-state index < -0.39 is 41.4 Å². The first-order valence-electron chi connectivity index (χ1n) is 10.4. The fraction of sp³-hybridized carbons (Fsp3) is 0.545. The number of carbonyl (C=O) groups is 4. The number of fused-ring (bicyclic) bond motifs is 1. The van der Waals surface area contributed by atoms with E-state index in [-0.39, 0.29) is 11.1 Å². The van der Waals surface area contributed by atoms with E-state index >= 15 is 0 Å². The van der Waals surface area contributed by atoms with Crippen molar-refractivity contribution in [3.05, 3.63) is 35.4 Å². The Labute approximate surface area is 175 Å². The Kier molecular flexibility index (Phi) is 6.43. The number of hydrogen-bond acceptors (Lipinski definition) is 6. The SMILES string of the molecule is CC(C)(C)OC(=O)N[C@@H]1CCCCCC[C@@H]1C(=O)ON1C(=O)c2ccccc2C1=O. The summed E-state index contributed by atoms with van der Waals surface area (Å²) in [4.78, 5) is 55.5. The van der Waals surface area contributed by atoms with Gasteiger partial charge in [-0.15, -0.1) is 0 Å². The summed E-state index contributed by atoms with van der Waals surface area (Å²) in [6.45, 7) is 5.29. The molecule has 0 spiro atoms. The second kappa shape index (κ2) is 8.85. The third-order valence-corrected chi connectivity index (χ3v) is 5.21. The van der Waals surface area contributed by atoms with Gasteiger partial charge in [0.1, 0.15) is 5.60 Å². The topological polar surface area (TPSA) is 102 Å². The van der Waals surface area contributed by atoms with Crippen molar-refractivity contribution in [3.63, 3.8) is 0 Å². The van der Waals surface area contributed by atoms with Crippen molar-refractivity contribution in [1.29, 1.82) is 0 Å². The van der Waals surface area contributed by atoms with Crippen LogP contribution >= 0.6 is 0 Å². The molecule has 1 saturated carbocycles. The lowest BCUT2D eigenvalue weighted by Gasteiger charge is -2.30. The molecule has 1 aromatic rings. The van der Waals surface area contributed by atoms with Crippen LogP contribution in [0.15, 0.2) is 24.3 Å². The van der Waals surface area contributed by atoms with Crippen molar-refractivity contribution >= 4 is 23.9 Å². The Morgan fingerprint density at radius 3 is 2.10 bits per heavy atom. The van der Waals surface area contributed by atoms with Crippen LogP contribution in [-0.4, -0.2) is 40.6 Å². The summed E-state index contributed by atoms with van der Waals surface area (Å²) in [6.07, 6.45) is 4.07. The van der Waals surface area contributed by atoms with Crippen LogP contribution in [0.5, 0.6) is 0 Å². The van der Waals surface area contributed by atoms with Gasteiger partial charge >= 0.3 is 12.1 Å². The molecule has 3 amide bonds. The van der Waals surface area contributed by atoms with Gasteiger partial charge in [-0.1, -0.05) is 42.9 Å². The third kappa shape index (κ3) is 4.98. The highest BCUT2D eigenvalue weighted by atomic mass is 16.7. The van der Waals surface area contributed by atoms with E-state index in [1.54, 1.807) is 32.9 Å². The van der Waals surface area contributed by atoms with Crippen LogP contribution in [-0.2, 0) is 14.4 Å². The number of hydroxylamine groups is 2. The summed E-state index contributed by atoms with van der Waals surface area (Å²) < 4.78 is 5.33. The summed E-state index contributed by atoms with van der Waals surface area (Å²) in [5.41, 5.74) is -0.255. The molecule has 8 nitrogen and oxygen atoms in total. The predicted octanol–water partition coefficient (Wildman–Crippen LogP) is 3.60. The summed E-state index contributed by atoms with van der Waals surface area (Å²) in [6, 6.07) is 5.83. The molecule has 1 fully saturated rings. The standard InChI is InChI=1S/C22H28N2O6/c1-22(2,3)29-21(28)23-17-13-7-5-4-6-12-16(17)20(27)30-24-18(25)14-10-8-9-11-15(14)19(24)26/h8-11,16-17H,4-7,12-13H2,1-3H3,(H,23,28)/t16-,17+/m0/s1. The van der Waals surface area contributed by atoms with E-state index in [4.69, 9.17) is 9.57 Å². The minimum absolute atomic E-state index is 0.205. The Morgan fingerprint density at radius 2 is 1.53 bits per heavy atom. The van der Waals surface area contributed by atoms with Gasteiger partial charge in [0.05, 0.1) is 17.0 Å². The van der Waals surface area contributed by atoms with Crippen LogP contribution < -0.4 is 5.32 Å². The van der Waals surface area contributed by atoms with Crippen LogP contribution in [0, 0.1) is 5.92 Å². The van der Waals surface area contributed by atoms with Crippen molar-refractivity contribution in [3.8, 4) is 0 Å². The lowest BCUT2D eigenvalue weighted by Crippen LogP contribution is -2.47. The van der Waals surface area contributed by atoms with E-state index in [2.05, 4.69) is 5.32 Å². The van der Waals surface area contributed by atoms with E-state index in [0.717, 1.165) is 25.7 Å². The molecule has 1 N–H and O–H groups in total. The lowest BCUT2D eigenvalue weighted by atomic mass is 9.87. The van der Waals surface area contributed by atoms with E-state index in [9.17, 15) is 19.2 Å². The Balaban J connectivity index is 1.73. The minimum Gasteiger partial charge on any atom is -0.444 e. The molecule has 0 bridgehead atoms. The van der Waals surface area contributed by atoms with Gasteiger partial charge in [-0.2, -0.15) is 0 Å². The molecular weight excluding hydrogens is 388 g/mol. The number of amides is 3. The first kappa shape index (κ1) is 21.8. The Hall–Kier alpha value is -2.90. The van der Waals surface area contributed by atoms with Gasteiger partial charge in [-0.05, 0) is 45.7 Å². The number of hydrogen-bond donors (Lipinski definition) is 1. The number of imide groups is 1. The van der Waals surface area contributed by atoms with Gasteiger partial charge in [-0.3, -0.25) is 9.59 Å². The highest BCUT2D eigenvalue weighted by Gasteiger charge is 2.41. The van der Waals surface area contributed by atoms with Crippen LogP contribution in [0.4, 0.5) is 4.79 Å². The summed E-state index contributed by atoms with van der Waals surface area (Å²) in [5.74, 6) is -2.70. The summed E-state index contributed by atoms with van der Waals surface area (Å²) >= 11 is 0. The molecule has 0 unspecified atom stereocenters. The first-order chi connectivity index (χ1) is 14.2. The van der Waals surface area contributed by atoms with Crippen molar-refractivity contribution in [2.24, 2.45) is 5.92 Å². The van der Waals surface area contributed by atoms with Crippen molar-refractivity contribution in [2.75, 3.05) is 0 Å². The van der Waals surface area contributed by atoms with Crippen LogP contribution in [0.2, 0.25) is 0 Å². The van der Waals surface area contributed by atoms with Gasteiger partial charge in [0.2, 0.25) is 0 Å². The molecule has 1 aliphatic carbocycles. The van der Waals surface area contributed by atoms with E-state index in [1.165, 1.54) is 12.1 Å².